The van der Waals surface area contributed by atoms with Crippen molar-refractivity contribution in [3.8, 4) is 11.5 Å². The molecule has 0 aliphatic carbocycles. The number of aliphatic hydroxyl groups is 1. The molecule has 5 N–H and O–H groups in total. The number of H-pyrrole nitrogens is 1. The van der Waals surface area contributed by atoms with Crippen LogP contribution < -0.4 is 25.4 Å². The molecule has 0 atom stereocenters. The molecule has 11 nitrogen and oxygen atoms in total. The van der Waals surface area contributed by atoms with Gasteiger partial charge in [0.15, 0.2) is 17.3 Å². The summed E-state index contributed by atoms with van der Waals surface area (Å²) < 4.78 is 25.7. The highest BCUT2D eigenvalue weighted by Gasteiger charge is 2.22. The van der Waals surface area contributed by atoms with Crippen molar-refractivity contribution < 1.29 is 23.8 Å². The van der Waals surface area contributed by atoms with Crippen molar-refractivity contribution in [1.82, 2.24) is 25.5 Å². The molecule has 0 saturated heterocycles. The quantitative estimate of drug-likeness (QED) is 0.199. The molecule has 0 aliphatic heterocycles. The van der Waals surface area contributed by atoms with Gasteiger partial charge in [0.05, 0.1) is 37.9 Å². The van der Waals surface area contributed by atoms with Crippen LogP contribution in [0.4, 0.5) is 21.7 Å². The summed E-state index contributed by atoms with van der Waals surface area (Å²) in [5.74, 6) is 0.851. The SMILES string of the molecule is COc1cc2c(N(c3cccc(F)c3)c3cc(CC(N)=O)[nH]n3)ncnc2cc1OCCCNCCO. The number of nitrogens with zero attached hydrogens (tertiary/aromatic N) is 4. The number of nitrogens with two attached hydrogens (primary N) is 1. The third kappa shape index (κ3) is 6.29. The van der Waals surface area contributed by atoms with E-state index in [-0.39, 0.29) is 13.0 Å². The third-order valence-electron chi connectivity index (χ3n) is 5.43. The lowest BCUT2D eigenvalue weighted by Gasteiger charge is -2.23. The lowest BCUT2D eigenvalue weighted by molar-refractivity contribution is -0.117. The van der Waals surface area contributed by atoms with Crippen molar-refractivity contribution in [2.45, 2.75) is 12.8 Å². The van der Waals surface area contributed by atoms with Gasteiger partial charge in [-0.3, -0.25) is 14.8 Å². The van der Waals surface area contributed by atoms with Crippen LogP contribution in [0.1, 0.15) is 12.1 Å². The molecule has 0 spiro atoms. The number of halogens is 1. The number of anilines is 3. The van der Waals surface area contributed by atoms with Crippen molar-refractivity contribution in [3.63, 3.8) is 0 Å². The summed E-state index contributed by atoms with van der Waals surface area (Å²) in [6, 6.07) is 11.2. The summed E-state index contributed by atoms with van der Waals surface area (Å²) in [6.45, 7) is 1.75. The number of hydrogen-bond acceptors (Lipinski definition) is 9. The number of hydrogen-bond donors (Lipinski definition) is 4. The first kappa shape index (κ1) is 25.8. The molecular weight excluding hydrogens is 481 g/mol. The number of primary amides is 1. The number of carbonyl (C=O) groups is 1. The topological polar surface area (TPSA) is 152 Å². The molecule has 4 rings (SSSR count). The van der Waals surface area contributed by atoms with E-state index in [0.29, 0.717) is 65.1 Å². The number of benzene rings is 2. The monoisotopic (exact) mass is 509 g/mol. The Morgan fingerprint density at radius 1 is 1.19 bits per heavy atom. The van der Waals surface area contributed by atoms with Gasteiger partial charge >= 0.3 is 0 Å². The van der Waals surface area contributed by atoms with E-state index in [4.69, 9.17) is 20.3 Å². The minimum Gasteiger partial charge on any atom is -0.493 e. The van der Waals surface area contributed by atoms with E-state index >= 15 is 0 Å². The molecule has 2 heterocycles. The van der Waals surface area contributed by atoms with Crippen LogP contribution in [0.2, 0.25) is 0 Å². The highest BCUT2D eigenvalue weighted by Crippen LogP contribution is 2.40. The first-order chi connectivity index (χ1) is 18.0. The van der Waals surface area contributed by atoms with Crippen LogP contribution in [-0.2, 0) is 11.2 Å². The smallest absolute Gasteiger partial charge is 0.223 e. The molecule has 0 saturated carbocycles. The van der Waals surface area contributed by atoms with E-state index in [1.54, 1.807) is 35.2 Å². The molecule has 4 aromatic rings. The van der Waals surface area contributed by atoms with Crippen LogP contribution in [-0.4, -0.2) is 64.6 Å². The summed E-state index contributed by atoms with van der Waals surface area (Å²) in [6.07, 6.45) is 2.10. The summed E-state index contributed by atoms with van der Waals surface area (Å²) in [5, 5.41) is 19.7. The Morgan fingerprint density at radius 3 is 2.81 bits per heavy atom. The van der Waals surface area contributed by atoms with Crippen molar-refractivity contribution >= 4 is 34.1 Å². The van der Waals surface area contributed by atoms with E-state index in [0.717, 1.165) is 6.42 Å². The molecule has 0 radical (unpaired) electrons. The number of aromatic amines is 1. The van der Waals surface area contributed by atoms with E-state index in [1.807, 2.05) is 0 Å². The zero-order chi connectivity index (χ0) is 26.2. The fraction of sp³-hybridized carbons (Fsp3) is 0.280. The zero-order valence-electron chi connectivity index (χ0n) is 20.3. The zero-order valence-corrected chi connectivity index (χ0v) is 20.3. The number of amides is 1. The van der Waals surface area contributed by atoms with Gasteiger partial charge in [-0.15, -0.1) is 0 Å². The second-order valence-corrected chi connectivity index (χ2v) is 8.10. The van der Waals surface area contributed by atoms with Gasteiger partial charge < -0.3 is 25.6 Å². The number of rotatable bonds is 13. The van der Waals surface area contributed by atoms with Crippen molar-refractivity contribution in [3.05, 3.63) is 60.3 Å². The second-order valence-electron chi connectivity index (χ2n) is 8.10. The highest BCUT2D eigenvalue weighted by molar-refractivity contribution is 5.96. The molecule has 0 unspecified atom stereocenters. The Morgan fingerprint density at radius 2 is 2.05 bits per heavy atom. The van der Waals surface area contributed by atoms with Gasteiger partial charge in [-0.2, -0.15) is 5.10 Å². The van der Waals surface area contributed by atoms with Gasteiger partial charge in [0.2, 0.25) is 5.91 Å². The molecule has 194 valence electrons. The first-order valence-electron chi connectivity index (χ1n) is 11.7. The molecule has 0 bridgehead atoms. The Kier molecular flexibility index (Phi) is 8.44. The number of nitrogens with one attached hydrogen (secondary N) is 2. The standard InChI is InChI=1S/C25H28FN7O4/c1-36-21-13-19-20(14-22(21)37-9-3-6-28-7-8-34)29-15-30-25(19)33(18-5-2-4-16(26)10-18)24-12-17(31-32-24)11-23(27)35/h2,4-5,10,12-15,28,34H,3,6-9,11H2,1H3,(H2,27,35)(H,31,32). The molecule has 0 fully saturated rings. The van der Waals surface area contributed by atoms with Crippen molar-refractivity contribution in [2.75, 3.05) is 38.3 Å². The highest BCUT2D eigenvalue weighted by atomic mass is 19.1. The number of carbonyl (C=O) groups excluding carboxylic acids is 1. The van der Waals surface area contributed by atoms with Crippen LogP contribution in [0.3, 0.4) is 0 Å². The molecule has 1 amide bonds. The van der Waals surface area contributed by atoms with Crippen molar-refractivity contribution in [1.29, 1.82) is 0 Å². The Bertz CT molecular complexity index is 1360. The predicted molar refractivity (Wildman–Crippen MR) is 136 cm³/mol. The van der Waals surface area contributed by atoms with E-state index in [1.165, 1.54) is 25.6 Å². The predicted octanol–water partition coefficient (Wildman–Crippen LogP) is 2.35. The fourth-order valence-electron chi connectivity index (χ4n) is 3.80. The lowest BCUT2D eigenvalue weighted by atomic mass is 10.1. The van der Waals surface area contributed by atoms with Gasteiger partial charge in [-0.05, 0) is 37.2 Å². The molecular formula is C25H28FN7O4. The fourth-order valence-corrected chi connectivity index (χ4v) is 3.80. The van der Waals surface area contributed by atoms with Gasteiger partial charge in [-0.1, -0.05) is 6.07 Å². The number of aromatic nitrogens is 4. The normalized spacial score (nSPS) is 11.0. The number of aliphatic hydroxyl groups excluding tert-OH is 1. The van der Waals surface area contributed by atoms with Crippen molar-refractivity contribution in [2.24, 2.45) is 5.73 Å². The molecule has 37 heavy (non-hydrogen) atoms. The number of methoxy groups -OCH3 is 1. The minimum absolute atomic E-state index is 0.0292. The van der Waals surface area contributed by atoms with E-state index in [9.17, 15) is 9.18 Å². The molecule has 2 aromatic carbocycles. The van der Waals surface area contributed by atoms with Gasteiger partial charge in [-0.25, -0.2) is 14.4 Å². The first-order valence-corrected chi connectivity index (χ1v) is 11.7. The van der Waals surface area contributed by atoms with Gasteiger partial charge in [0, 0.05) is 29.8 Å². The molecule has 0 aliphatic rings. The van der Waals surface area contributed by atoms with Crippen LogP contribution >= 0.6 is 0 Å². The van der Waals surface area contributed by atoms with Crippen LogP contribution in [0.25, 0.3) is 10.9 Å². The number of fused-ring (bicyclic) bond motifs is 1. The summed E-state index contributed by atoms with van der Waals surface area (Å²) in [4.78, 5) is 21.9. The maximum Gasteiger partial charge on any atom is 0.223 e. The van der Waals surface area contributed by atoms with Gasteiger partial charge in [0.25, 0.3) is 0 Å². The maximum absolute atomic E-state index is 14.2. The maximum atomic E-state index is 14.2. The molecule has 12 heteroatoms. The largest absolute Gasteiger partial charge is 0.493 e. The average Bonchev–Trinajstić information content (AvgIpc) is 3.33. The Labute approximate surface area is 212 Å². The Balaban J connectivity index is 1.73. The molecule has 2 aromatic heterocycles. The second kappa shape index (κ2) is 12.1. The van der Waals surface area contributed by atoms with E-state index < -0.39 is 11.7 Å². The lowest BCUT2D eigenvalue weighted by Crippen LogP contribution is -2.20. The van der Waals surface area contributed by atoms with E-state index in [2.05, 4.69) is 25.5 Å². The summed E-state index contributed by atoms with van der Waals surface area (Å²) in [5.41, 5.74) is 6.87. The Hall–Kier alpha value is -4.29. The third-order valence-corrected chi connectivity index (χ3v) is 5.43. The number of ether oxygens (including phenoxy) is 2. The average molecular weight is 510 g/mol. The van der Waals surface area contributed by atoms with Gasteiger partial charge in [0.1, 0.15) is 18.0 Å². The van der Waals surface area contributed by atoms with Crippen LogP contribution in [0.5, 0.6) is 11.5 Å². The van der Waals surface area contributed by atoms with Crippen LogP contribution in [0.15, 0.2) is 48.8 Å². The minimum atomic E-state index is -0.513. The van der Waals surface area contributed by atoms with Crippen LogP contribution in [0, 0.1) is 5.82 Å². The summed E-state index contributed by atoms with van der Waals surface area (Å²) >= 11 is 0. The summed E-state index contributed by atoms with van der Waals surface area (Å²) in [7, 11) is 1.54.